The Morgan fingerprint density at radius 1 is 1.33 bits per heavy atom. The minimum Gasteiger partial charge on any atom is -0.341 e. The molecule has 0 radical (unpaired) electrons. The molecule has 2 rings (SSSR count). The largest absolute Gasteiger partial charge is 0.341 e. The van der Waals surface area contributed by atoms with Crippen molar-refractivity contribution in [1.29, 1.82) is 0 Å². The number of aromatic nitrogens is 2. The predicted molar refractivity (Wildman–Crippen MR) is 74.6 cm³/mol. The summed E-state index contributed by atoms with van der Waals surface area (Å²) in [6.07, 6.45) is 4.92. The van der Waals surface area contributed by atoms with Gasteiger partial charge in [0.1, 0.15) is 0 Å². The highest BCUT2D eigenvalue weighted by Gasteiger charge is 2.19. The van der Waals surface area contributed by atoms with Crippen molar-refractivity contribution in [1.82, 2.24) is 9.97 Å². The quantitative estimate of drug-likeness (QED) is 0.869. The van der Waals surface area contributed by atoms with Crippen LogP contribution in [0.2, 0.25) is 0 Å². The molecule has 0 saturated carbocycles. The highest BCUT2D eigenvalue weighted by atomic mass is 15.3. The minimum atomic E-state index is 0.260. The Kier molecular flexibility index (Phi) is 3.85. The molecule has 1 fully saturated rings. The predicted octanol–water partition coefficient (Wildman–Crippen LogP) is 1.99. The van der Waals surface area contributed by atoms with Crippen molar-refractivity contribution in [3.8, 4) is 0 Å². The zero-order valence-corrected chi connectivity index (χ0v) is 11.7. The van der Waals surface area contributed by atoms with Gasteiger partial charge in [-0.3, -0.25) is 0 Å². The van der Waals surface area contributed by atoms with Gasteiger partial charge < -0.3 is 10.6 Å². The summed E-state index contributed by atoms with van der Waals surface area (Å²) in [4.78, 5) is 11.3. The van der Waals surface area contributed by atoms with Gasteiger partial charge in [-0.2, -0.15) is 0 Å². The van der Waals surface area contributed by atoms with Crippen LogP contribution in [0.1, 0.15) is 39.3 Å². The Labute approximate surface area is 110 Å². The number of anilines is 1. The van der Waals surface area contributed by atoms with Crippen LogP contribution in [0.4, 0.5) is 5.95 Å². The first-order valence-electron chi connectivity index (χ1n) is 6.76. The van der Waals surface area contributed by atoms with Crippen LogP contribution in [-0.2, 0) is 6.42 Å². The van der Waals surface area contributed by atoms with Gasteiger partial charge in [0, 0.05) is 31.0 Å². The molecule has 0 aromatic carbocycles. The number of hydrogen-bond donors (Lipinski definition) is 1. The van der Waals surface area contributed by atoms with Gasteiger partial charge in [0.2, 0.25) is 5.95 Å². The molecule has 0 aliphatic carbocycles. The minimum absolute atomic E-state index is 0.260. The van der Waals surface area contributed by atoms with E-state index in [0.29, 0.717) is 6.04 Å². The molecule has 1 saturated heterocycles. The van der Waals surface area contributed by atoms with Gasteiger partial charge >= 0.3 is 0 Å². The summed E-state index contributed by atoms with van der Waals surface area (Å²) in [6.45, 7) is 8.64. The van der Waals surface area contributed by atoms with E-state index < -0.39 is 0 Å². The average molecular weight is 248 g/mol. The third-order valence-corrected chi connectivity index (χ3v) is 3.23. The fraction of sp³-hybridized carbons (Fsp3) is 0.714. The molecule has 0 unspecified atom stereocenters. The molecule has 0 spiro atoms. The molecule has 0 atom stereocenters. The van der Waals surface area contributed by atoms with Crippen molar-refractivity contribution < 1.29 is 0 Å². The molecule has 2 heterocycles. The molecule has 1 aromatic heterocycles. The van der Waals surface area contributed by atoms with Gasteiger partial charge in [0.15, 0.2) is 0 Å². The Balaban J connectivity index is 2.07. The van der Waals surface area contributed by atoms with Crippen molar-refractivity contribution in [2.24, 2.45) is 11.1 Å². The third-order valence-electron chi connectivity index (χ3n) is 3.23. The molecular weight excluding hydrogens is 224 g/mol. The SMILES string of the molecule is CC(C)(C)Cc1ccnc(N2CCC(N)CC2)n1. The lowest BCUT2D eigenvalue weighted by Crippen LogP contribution is -2.40. The summed E-state index contributed by atoms with van der Waals surface area (Å²) in [5.41, 5.74) is 7.31. The van der Waals surface area contributed by atoms with Crippen LogP contribution >= 0.6 is 0 Å². The Morgan fingerprint density at radius 2 is 2.00 bits per heavy atom. The van der Waals surface area contributed by atoms with E-state index in [1.165, 1.54) is 0 Å². The molecule has 18 heavy (non-hydrogen) atoms. The molecule has 4 nitrogen and oxygen atoms in total. The van der Waals surface area contributed by atoms with E-state index in [9.17, 15) is 0 Å². The van der Waals surface area contributed by atoms with Gasteiger partial charge in [0.25, 0.3) is 0 Å². The van der Waals surface area contributed by atoms with E-state index in [2.05, 4.69) is 35.6 Å². The molecule has 0 bridgehead atoms. The summed E-state index contributed by atoms with van der Waals surface area (Å²) in [5, 5.41) is 0. The van der Waals surface area contributed by atoms with Crippen molar-refractivity contribution in [3.05, 3.63) is 18.0 Å². The summed E-state index contributed by atoms with van der Waals surface area (Å²) >= 11 is 0. The highest BCUT2D eigenvalue weighted by molar-refractivity contribution is 5.31. The van der Waals surface area contributed by atoms with Crippen molar-refractivity contribution in [3.63, 3.8) is 0 Å². The summed E-state index contributed by atoms with van der Waals surface area (Å²) in [5.74, 6) is 0.864. The van der Waals surface area contributed by atoms with Crippen LogP contribution in [0.3, 0.4) is 0 Å². The second-order valence-corrected chi connectivity index (χ2v) is 6.41. The van der Waals surface area contributed by atoms with Crippen molar-refractivity contribution in [2.75, 3.05) is 18.0 Å². The first kappa shape index (κ1) is 13.3. The molecule has 1 aliphatic heterocycles. The number of nitrogens with zero attached hydrogens (tertiary/aromatic N) is 3. The smallest absolute Gasteiger partial charge is 0.225 e. The number of hydrogen-bond acceptors (Lipinski definition) is 4. The lowest BCUT2D eigenvalue weighted by Gasteiger charge is -2.30. The summed E-state index contributed by atoms with van der Waals surface area (Å²) in [7, 11) is 0. The molecule has 1 aromatic rings. The summed E-state index contributed by atoms with van der Waals surface area (Å²) < 4.78 is 0. The zero-order chi connectivity index (χ0) is 13.2. The van der Waals surface area contributed by atoms with Crippen LogP contribution in [0.15, 0.2) is 12.3 Å². The Morgan fingerprint density at radius 3 is 2.61 bits per heavy atom. The van der Waals surface area contributed by atoms with Gasteiger partial charge in [0.05, 0.1) is 0 Å². The average Bonchev–Trinajstić information content (AvgIpc) is 2.28. The van der Waals surface area contributed by atoms with E-state index in [0.717, 1.165) is 44.0 Å². The van der Waals surface area contributed by atoms with Crippen LogP contribution in [0.25, 0.3) is 0 Å². The molecule has 2 N–H and O–H groups in total. The number of piperidine rings is 1. The van der Waals surface area contributed by atoms with Gasteiger partial charge in [-0.15, -0.1) is 0 Å². The second-order valence-electron chi connectivity index (χ2n) is 6.41. The zero-order valence-electron chi connectivity index (χ0n) is 11.7. The normalized spacial score (nSPS) is 18.1. The van der Waals surface area contributed by atoms with Gasteiger partial charge in [-0.1, -0.05) is 20.8 Å². The van der Waals surface area contributed by atoms with E-state index in [1.807, 2.05) is 12.3 Å². The number of nitrogens with two attached hydrogens (primary N) is 1. The number of rotatable bonds is 2. The molecule has 0 amide bonds. The standard InChI is InChI=1S/C14H24N4/c1-14(2,3)10-12-4-7-16-13(17-12)18-8-5-11(15)6-9-18/h4,7,11H,5-6,8-10,15H2,1-3H3. The fourth-order valence-electron chi connectivity index (χ4n) is 2.28. The first-order chi connectivity index (χ1) is 8.44. The van der Waals surface area contributed by atoms with Crippen molar-refractivity contribution in [2.45, 2.75) is 46.1 Å². The van der Waals surface area contributed by atoms with E-state index in [-0.39, 0.29) is 5.41 Å². The highest BCUT2D eigenvalue weighted by Crippen LogP contribution is 2.21. The lowest BCUT2D eigenvalue weighted by molar-refractivity contribution is 0.405. The molecule has 4 heteroatoms. The van der Waals surface area contributed by atoms with E-state index in [1.54, 1.807) is 0 Å². The molecular formula is C14H24N4. The molecule has 1 aliphatic rings. The second kappa shape index (κ2) is 5.22. The van der Waals surface area contributed by atoms with Crippen LogP contribution < -0.4 is 10.6 Å². The van der Waals surface area contributed by atoms with Crippen LogP contribution in [0, 0.1) is 5.41 Å². The van der Waals surface area contributed by atoms with Gasteiger partial charge in [-0.05, 0) is 30.7 Å². The lowest BCUT2D eigenvalue weighted by atomic mass is 9.90. The Bertz CT molecular complexity index is 389. The van der Waals surface area contributed by atoms with E-state index in [4.69, 9.17) is 5.73 Å². The topological polar surface area (TPSA) is 55.0 Å². The maximum absolute atomic E-state index is 5.92. The summed E-state index contributed by atoms with van der Waals surface area (Å²) in [6, 6.07) is 2.36. The maximum atomic E-state index is 5.92. The maximum Gasteiger partial charge on any atom is 0.225 e. The fourth-order valence-corrected chi connectivity index (χ4v) is 2.28. The van der Waals surface area contributed by atoms with Crippen LogP contribution in [0.5, 0.6) is 0 Å². The Hall–Kier alpha value is -1.16. The van der Waals surface area contributed by atoms with Gasteiger partial charge in [-0.25, -0.2) is 9.97 Å². The van der Waals surface area contributed by atoms with Crippen molar-refractivity contribution >= 4 is 5.95 Å². The van der Waals surface area contributed by atoms with E-state index >= 15 is 0 Å². The first-order valence-corrected chi connectivity index (χ1v) is 6.76. The van der Waals surface area contributed by atoms with Crippen LogP contribution in [-0.4, -0.2) is 29.1 Å². The third kappa shape index (κ3) is 3.67. The monoisotopic (exact) mass is 248 g/mol. The molecule has 100 valence electrons.